The lowest BCUT2D eigenvalue weighted by molar-refractivity contribution is 0.331. The molecule has 11 heteroatoms. The average molecular weight is 571 g/mol. The van der Waals surface area contributed by atoms with Gasteiger partial charge in [0, 0.05) is 30.1 Å². The Labute approximate surface area is 233 Å². The molecule has 0 unspecified atom stereocenters. The number of benzene rings is 2. The van der Waals surface area contributed by atoms with Gasteiger partial charge in [-0.25, -0.2) is 17.6 Å². The first kappa shape index (κ1) is 29.3. The Morgan fingerprint density at radius 1 is 1.10 bits per heavy atom. The zero-order valence-corrected chi connectivity index (χ0v) is 24.2. The number of methoxy groups -OCH3 is 1. The summed E-state index contributed by atoms with van der Waals surface area (Å²) in [6.07, 6.45) is 7.92. The van der Waals surface area contributed by atoms with Gasteiger partial charge >= 0.3 is 5.69 Å². The van der Waals surface area contributed by atoms with E-state index in [-0.39, 0.29) is 11.3 Å². The van der Waals surface area contributed by atoms with Gasteiger partial charge in [-0.2, -0.15) is 0 Å². The van der Waals surface area contributed by atoms with E-state index in [1.807, 2.05) is 20.8 Å². The standard InChI is InChI=1S/C29H35FN4O5S/c1-29(2,3)23-17-24(34-15-12-25(35)31-28(34)36)26(30)22(27(23)39-4)11-9-19-8-10-21(32-40(5,37)38)16-20(19)18-33-13-6-7-14-33/h8-12,15-17,32H,6-7,13-14,18H2,1-5H3,(H,31,35,36)/b11-9+. The fourth-order valence-electron chi connectivity index (χ4n) is 4.89. The SMILES string of the molecule is COc1c(C(C)(C)C)cc(-n2ccc(=O)[nH]c2=O)c(F)c1/C=C/c1ccc(NS(C)(=O)=O)cc1CN1CCCC1. The van der Waals surface area contributed by atoms with Gasteiger partial charge in [0.2, 0.25) is 10.0 Å². The second-order valence-corrected chi connectivity index (χ2v) is 12.8. The number of ether oxygens (including phenoxy) is 1. The normalized spacial score (nSPS) is 14.7. The number of nitrogens with one attached hydrogen (secondary N) is 2. The number of likely N-dealkylation sites (tertiary alicyclic amines) is 1. The summed E-state index contributed by atoms with van der Waals surface area (Å²) in [6, 6.07) is 7.98. The van der Waals surface area contributed by atoms with E-state index in [0.29, 0.717) is 23.5 Å². The molecule has 2 heterocycles. The van der Waals surface area contributed by atoms with Gasteiger partial charge in [-0.05, 0) is 66.7 Å². The molecule has 1 aromatic heterocycles. The maximum absolute atomic E-state index is 16.2. The van der Waals surface area contributed by atoms with Crippen LogP contribution in [0.2, 0.25) is 0 Å². The molecule has 0 radical (unpaired) electrons. The van der Waals surface area contributed by atoms with Crippen LogP contribution in [0.25, 0.3) is 17.8 Å². The average Bonchev–Trinajstić information content (AvgIpc) is 3.36. The van der Waals surface area contributed by atoms with Crippen molar-refractivity contribution in [1.29, 1.82) is 0 Å². The minimum absolute atomic E-state index is 0.0170. The topological polar surface area (TPSA) is 113 Å². The van der Waals surface area contributed by atoms with Crippen LogP contribution in [0.3, 0.4) is 0 Å². The highest BCUT2D eigenvalue weighted by Crippen LogP contribution is 2.39. The van der Waals surface area contributed by atoms with Crippen LogP contribution in [0.1, 0.15) is 55.9 Å². The Hall–Kier alpha value is -3.70. The third-order valence-electron chi connectivity index (χ3n) is 6.80. The number of H-pyrrole nitrogens is 1. The Kier molecular flexibility index (Phi) is 8.36. The highest BCUT2D eigenvalue weighted by atomic mass is 32.2. The van der Waals surface area contributed by atoms with Gasteiger partial charge in [0.15, 0.2) is 5.82 Å². The summed E-state index contributed by atoms with van der Waals surface area (Å²) in [6.45, 7) is 8.37. The number of anilines is 1. The number of sulfonamides is 1. The lowest BCUT2D eigenvalue weighted by Gasteiger charge is -2.25. The smallest absolute Gasteiger partial charge is 0.333 e. The van der Waals surface area contributed by atoms with Gasteiger partial charge in [0.1, 0.15) is 5.75 Å². The molecule has 2 N–H and O–H groups in total. The van der Waals surface area contributed by atoms with Crippen molar-refractivity contribution in [3.63, 3.8) is 0 Å². The van der Waals surface area contributed by atoms with Crippen molar-refractivity contribution < 1.29 is 17.5 Å². The minimum atomic E-state index is -3.46. The quantitative estimate of drug-likeness (QED) is 0.394. The first-order valence-electron chi connectivity index (χ1n) is 13.0. The summed E-state index contributed by atoms with van der Waals surface area (Å²) >= 11 is 0. The number of hydrogen-bond acceptors (Lipinski definition) is 6. The lowest BCUT2D eigenvalue weighted by Crippen LogP contribution is -2.28. The molecular formula is C29H35FN4O5S. The summed E-state index contributed by atoms with van der Waals surface area (Å²) in [5, 5.41) is 0. The molecule has 0 bridgehead atoms. The van der Waals surface area contributed by atoms with E-state index in [1.54, 1.807) is 36.4 Å². The second-order valence-electron chi connectivity index (χ2n) is 11.0. The molecular weight excluding hydrogens is 535 g/mol. The van der Waals surface area contributed by atoms with Crippen LogP contribution in [0.15, 0.2) is 46.1 Å². The highest BCUT2D eigenvalue weighted by Gasteiger charge is 2.26. The molecule has 1 aliphatic rings. The fraction of sp³-hybridized carbons (Fsp3) is 0.379. The van der Waals surface area contributed by atoms with E-state index in [2.05, 4.69) is 14.6 Å². The van der Waals surface area contributed by atoms with Crippen LogP contribution in [-0.4, -0.2) is 49.3 Å². The maximum atomic E-state index is 16.2. The van der Waals surface area contributed by atoms with Crippen LogP contribution in [0, 0.1) is 5.82 Å². The van der Waals surface area contributed by atoms with Crippen molar-refractivity contribution in [3.05, 3.63) is 85.4 Å². The van der Waals surface area contributed by atoms with Gasteiger partial charge in [0.25, 0.3) is 5.56 Å². The molecule has 40 heavy (non-hydrogen) atoms. The molecule has 4 rings (SSSR count). The molecule has 0 spiro atoms. The Morgan fingerprint density at radius 3 is 2.40 bits per heavy atom. The second kappa shape index (κ2) is 11.4. The highest BCUT2D eigenvalue weighted by molar-refractivity contribution is 7.92. The molecule has 1 saturated heterocycles. The number of aromatic amines is 1. The summed E-state index contributed by atoms with van der Waals surface area (Å²) in [7, 11) is -1.99. The predicted octanol–water partition coefficient (Wildman–Crippen LogP) is 4.11. The third kappa shape index (κ3) is 6.71. The number of halogens is 1. The third-order valence-corrected chi connectivity index (χ3v) is 7.40. The van der Waals surface area contributed by atoms with Gasteiger partial charge < -0.3 is 4.74 Å². The van der Waals surface area contributed by atoms with Crippen molar-refractivity contribution >= 4 is 27.9 Å². The summed E-state index contributed by atoms with van der Waals surface area (Å²) in [5.41, 5.74) is 1.12. The summed E-state index contributed by atoms with van der Waals surface area (Å²) in [4.78, 5) is 28.7. The van der Waals surface area contributed by atoms with Crippen molar-refractivity contribution in [2.75, 3.05) is 31.2 Å². The summed E-state index contributed by atoms with van der Waals surface area (Å²) < 4.78 is 49.1. The number of rotatable bonds is 8. The zero-order valence-electron chi connectivity index (χ0n) is 23.4. The molecule has 1 fully saturated rings. The van der Waals surface area contributed by atoms with E-state index in [0.717, 1.165) is 53.9 Å². The van der Waals surface area contributed by atoms with Gasteiger partial charge in [0.05, 0.1) is 24.6 Å². The first-order valence-corrected chi connectivity index (χ1v) is 14.9. The Balaban J connectivity index is 1.88. The number of aromatic nitrogens is 2. The molecule has 2 aromatic carbocycles. The molecule has 0 amide bonds. The predicted molar refractivity (Wildman–Crippen MR) is 156 cm³/mol. The first-order chi connectivity index (χ1) is 18.8. The van der Waals surface area contributed by atoms with Crippen LogP contribution in [-0.2, 0) is 22.0 Å². The monoisotopic (exact) mass is 570 g/mol. The molecule has 0 aliphatic carbocycles. The van der Waals surface area contributed by atoms with Crippen LogP contribution in [0.4, 0.5) is 10.1 Å². The van der Waals surface area contributed by atoms with E-state index in [4.69, 9.17) is 4.74 Å². The Bertz CT molecular complexity index is 1660. The lowest BCUT2D eigenvalue weighted by atomic mass is 9.84. The van der Waals surface area contributed by atoms with E-state index >= 15 is 4.39 Å². The van der Waals surface area contributed by atoms with Crippen molar-refractivity contribution in [2.24, 2.45) is 0 Å². The fourth-order valence-corrected chi connectivity index (χ4v) is 5.45. The van der Waals surface area contributed by atoms with Crippen molar-refractivity contribution in [1.82, 2.24) is 14.5 Å². The molecule has 0 saturated carbocycles. The largest absolute Gasteiger partial charge is 0.496 e. The van der Waals surface area contributed by atoms with Crippen LogP contribution in [0.5, 0.6) is 5.75 Å². The van der Waals surface area contributed by atoms with Crippen molar-refractivity contribution in [2.45, 2.75) is 45.6 Å². The number of hydrogen-bond donors (Lipinski definition) is 2. The van der Waals surface area contributed by atoms with Crippen molar-refractivity contribution in [3.8, 4) is 11.4 Å². The Morgan fingerprint density at radius 2 is 1.80 bits per heavy atom. The van der Waals surface area contributed by atoms with Gasteiger partial charge in [-0.1, -0.05) is 32.9 Å². The summed E-state index contributed by atoms with van der Waals surface area (Å²) in [5.74, 6) is -0.356. The van der Waals surface area contributed by atoms with Crippen LogP contribution >= 0.6 is 0 Å². The van der Waals surface area contributed by atoms with E-state index in [9.17, 15) is 18.0 Å². The molecule has 9 nitrogen and oxygen atoms in total. The van der Waals surface area contributed by atoms with Crippen LogP contribution < -0.4 is 20.7 Å². The zero-order chi connectivity index (χ0) is 29.2. The molecule has 214 valence electrons. The van der Waals surface area contributed by atoms with E-state index < -0.39 is 32.5 Å². The minimum Gasteiger partial charge on any atom is -0.496 e. The number of nitrogens with zero attached hydrogens (tertiary/aromatic N) is 2. The van der Waals surface area contributed by atoms with E-state index in [1.165, 1.54) is 13.3 Å². The maximum Gasteiger partial charge on any atom is 0.333 e. The molecule has 3 aromatic rings. The van der Waals surface area contributed by atoms with Gasteiger partial charge in [-0.3, -0.25) is 24.0 Å². The molecule has 0 atom stereocenters. The molecule has 1 aliphatic heterocycles. The van der Waals surface area contributed by atoms with Gasteiger partial charge in [-0.15, -0.1) is 0 Å².